The molecule has 0 aliphatic heterocycles. The van der Waals surface area contributed by atoms with Crippen molar-refractivity contribution in [1.82, 2.24) is 5.32 Å². The zero-order chi connectivity index (χ0) is 23.7. The van der Waals surface area contributed by atoms with E-state index in [4.69, 9.17) is 14.2 Å². The molecule has 0 atom stereocenters. The lowest BCUT2D eigenvalue weighted by molar-refractivity contribution is -0.136. The number of carbonyl (C=O) groups excluding carboxylic acids is 2. The predicted octanol–water partition coefficient (Wildman–Crippen LogP) is 3.81. The van der Waals surface area contributed by atoms with E-state index in [1.807, 2.05) is 39.0 Å². The van der Waals surface area contributed by atoms with E-state index in [1.165, 1.54) is 25.3 Å². The number of aryl methyl sites for hydroxylation is 2. The van der Waals surface area contributed by atoms with Crippen LogP contribution in [0.25, 0.3) is 6.08 Å². The third-order valence-corrected chi connectivity index (χ3v) is 4.70. The van der Waals surface area contributed by atoms with Gasteiger partial charge in [0.2, 0.25) is 0 Å². The third-order valence-electron chi connectivity index (χ3n) is 4.70. The molecule has 0 radical (unpaired) electrons. The molecule has 2 aromatic rings. The van der Waals surface area contributed by atoms with Crippen molar-refractivity contribution in [2.45, 2.75) is 20.8 Å². The maximum Gasteiger partial charge on any atom is 0.349 e. The monoisotopic (exact) mass is 434 g/mol. The summed E-state index contributed by atoms with van der Waals surface area (Å²) >= 11 is 0. The normalized spacial score (nSPS) is 10.7. The SMILES string of the molecule is C=CCNC(=O)/C(C#N)=C/c1ccc(OC(=O)COc2c(C)ccc(C)c2C)c(OC)c1. The van der Waals surface area contributed by atoms with Crippen LogP contribution in [0.2, 0.25) is 0 Å². The molecule has 7 heteroatoms. The van der Waals surface area contributed by atoms with Crippen LogP contribution in [-0.2, 0) is 9.59 Å². The van der Waals surface area contributed by atoms with Crippen LogP contribution in [0.4, 0.5) is 0 Å². The summed E-state index contributed by atoms with van der Waals surface area (Å²) in [6.07, 6.45) is 2.93. The van der Waals surface area contributed by atoms with Gasteiger partial charge in [-0.1, -0.05) is 24.3 Å². The van der Waals surface area contributed by atoms with Crippen molar-refractivity contribution in [3.8, 4) is 23.3 Å². The van der Waals surface area contributed by atoms with Gasteiger partial charge in [-0.25, -0.2) is 4.79 Å². The first-order chi connectivity index (χ1) is 15.3. The van der Waals surface area contributed by atoms with Crippen molar-refractivity contribution < 1.29 is 23.8 Å². The number of esters is 1. The molecule has 0 saturated heterocycles. The lowest BCUT2D eigenvalue weighted by atomic mass is 10.1. The van der Waals surface area contributed by atoms with Gasteiger partial charge in [-0.15, -0.1) is 6.58 Å². The molecular formula is C25H26N2O5. The summed E-state index contributed by atoms with van der Waals surface area (Å²) in [6, 6.07) is 10.5. The molecule has 1 N–H and O–H groups in total. The molecule has 7 nitrogen and oxygen atoms in total. The number of hydrogen-bond acceptors (Lipinski definition) is 6. The number of amides is 1. The predicted molar refractivity (Wildman–Crippen MR) is 122 cm³/mol. The minimum absolute atomic E-state index is 0.0732. The quantitative estimate of drug-likeness (QED) is 0.212. The van der Waals surface area contributed by atoms with E-state index in [1.54, 1.807) is 12.1 Å². The van der Waals surface area contributed by atoms with Crippen molar-refractivity contribution in [2.75, 3.05) is 20.3 Å². The van der Waals surface area contributed by atoms with Crippen molar-refractivity contribution in [3.05, 3.63) is 70.8 Å². The molecule has 32 heavy (non-hydrogen) atoms. The van der Waals surface area contributed by atoms with Crippen LogP contribution in [0.15, 0.2) is 48.6 Å². The third kappa shape index (κ3) is 6.22. The van der Waals surface area contributed by atoms with Gasteiger partial charge >= 0.3 is 5.97 Å². The molecule has 0 heterocycles. The van der Waals surface area contributed by atoms with Gasteiger partial charge in [-0.3, -0.25) is 4.79 Å². The summed E-state index contributed by atoms with van der Waals surface area (Å²) in [6.45, 7) is 9.32. The number of carbonyl (C=O) groups is 2. The molecule has 1 amide bonds. The average molecular weight is 434 g/mol. The Morgan fingerprint density at radius 1 is 1.12 bits per heavy atom. The van der Waals surface area contributed by atoms with Crippen LogP contribution in [0, 0.1) is 32.1 Å². The molecule has 0 aliphatic carbocycles. The van der Waals surface area contributed by atoms with E-state index in [-0.39, 0.29) is 30.2 Å². The van der Waals surface area contributed by atoms with Gasteiger partial charge in [0.05, 0.1) is 7.11 Å². The van der Waals surface area contributed by atoms with Gasteiger partial charge in [0, 0.05) is 6.54 Å². The second kappa shape index (κ2) is 11.4. The highest BCUT2D eigenvalue weighted by Crippen LogP contribution is 2.30. The molecule has 0 bridgehead atoms. The fraction of sp³-hybridized carbons (Fsp3) is 0.240. The second-order valence-electron chi connectivity index (χ2n) is 7.00. The topological polar surface area (TPSA) is 97.7 Å². The Morgan fingerprint density at radius 2 is 1.84 bits per heavy atom. The molecule has 2 aromatic carbocycles. The Bertz CT molecular complexity index is 1100. The Labute approximate surface area is 187 Å². The van der Waals surface area contributed by atoms with Gasteiger partial charge in [-0.05, 0) is 61.2 Å². The van der Waals surface area contributed by atoms with Gasteiger partial charge in [0.1, 0.15) is 17.4 Å². The zero-order valence-corrected chi connectivity index (χ0v) is 18.7. The average Bonchev–Trinajstić information content (AvgIpc) is 2.79. The fourth-order valence-corrected chi connectivity index (χ4v) is 2.86. The molecule has 0 saturated carbocycles. The number of methoxy groups -OCH3 is 1. The molecule has 0 aromatic heterocycles. The van der Waals surface area contributed by atoms with Crippen LogP contribution >= 0.6 is 0 Å². The van der Waals surface area contributed by atoms with Gasteiger partial charge in [0.15, 0.2) is 18.1 Å². The molecule has 0 aliphatic rings. The summed E-state index contributed by atoms with van der Waals surface area (Å²) in [7, 11) is 1.43. The first-order valence-electron chi connectivity index (χ1n) is 9.89. The van der Waals surface area contributed by atoms with Crippen LogP contribution in [0.1, 0.15) is 22.3 Å². The smallest absolute Gasteiger partial charge is 0.349 e. The molecule has 0 fully saturated rings. The van der Waals surface area contributed by atoms with Crippen LogP contribution in [0.3, 0.4) is 0 Å². The number of ether oxygens (including phenoxy) is 3. The standard InChI is InChI=1S/C25H26N2O5/c1-6-11-27-25(29)20(14-26)12-19-9-10-21(22(13-19)30-5)32-23(28)15-31-24-17(3)8-7-16(2)18(24)4/h6-10,12-13H,1,11,15H2,2-5H3,(H,27,29)/b20-12+. The highest BCUT2D eigenvalue weighted by molar-refractivity contribution is 6.01. The van der Waals surface area contributed by atoms with Crippen molar-refractivity contribution in [1.29, 1.82) is 5.26 Å². The number of hydrogen-bond donors (Lipinski definition) is 1. The maximum absolute atomic E-state index is 12.3. The van der Waals surface area contributed by atoms with E-state index in [0.717, 1.165) is 16.7 Å². The number of nitrogens with zero attached hydrogens (tertiary/aromatic N) is 1. The largest absolute Gasteiger partial charge is 0.493 e. The maximum atomic E-state index is 12.3. The minimum Gasteiger partial charge on any atom is -0.493 e. The van der Waals surface area contributed by atoms with E-state index in [0.29, 0.717) is 11.3 Å². The van der Waals surface area contributed by atoms with E-state index < -0.39 is 11.9 Å². The fourth-order valence-electron chi connectivity index (χ4n) is 2.86. The summed E-state index contributed by atoms with van der Waals surface area (Å²) in [5.41, 5.74) is 3.43. The highest BCUT2D eigenvalue weighted by atomic mass is 16.6. The molecule has 0 spiro atoms. The number of nitriles is 1. The Balaban J connectivity index is 2.13. The minimum atomic E-state index is -0.589. The molecular weight excluding hydrogens is 408 g/mol. The Hall–Kier alpha value is -4.05. The van der Waals surface area contributed by atoms with Crippen molar-refractivity contribution in [3.63, 3.8) is 0 Å². The molecule has 2 rings (SSSR count). The second-order valence-corrected chi connectivity index (χ2v) is 7.00. The first-order valence-corrected chi connectivity index (χ1v) is 9.89. The lowest BCUT2D eigenvalue weighted by Crippen LogP contribution is -2.24. The van der Waals surface area contributed by atoms with Crippen LogP contribution in [0.5, 0.6) is 17.2 Å². The van der Waals surface area contributed by atoms with Gasteiger partial charge < -0.3 is 19.5 Å². The Morgan fingerprint density at radius 3 is 2.50 bits per heavy atom. The zero-order valence-electron chi connectivity index (χ0n) is 18.7. The number of rotatable bonds is 9. The first kappa shape index (κ1) is 24.2. The van der Waals surface area contributed by atoms with E-state index in [9.17, 15) is 14.9 Å². The van der Waals surface area contributed by atoms with Crippen LogP contribution in [-0.4, -0.2) is 32.1 Å². The van der Waals surface area contributed by atoms with Crippen molar-refractivity contribution in [2.24, 2.45) is 0 Å². The number of nitrogens with one attached hydrogen (secondary N) is 1. The highest BCUT2D eigenvalue weighted by Gasteiger charge is 2.14. The van der Waals surface area contributed by atoms with E-state index in [2.05, 4.69) is 11.9 Å². The summed E-state index contributed by atoms with van der Waals surface area (Å²) in [5, 5.41) is 11.8. The lowest BCUT2D eigenvalue weighted by Gasteiger charge is -2.14. The van der Waals surface area contributed by atoms with Gasteiger partial charge in [0.25, 0.3) is 5.91 Å². The van der Waals surface area contributed by atoms with Crippen molar-refractivity contribution >= 4 is 18.0 Å². The summed E-state index contributed by atoms with van der Waals surface area (Å²) in [5.74, 6) is 0.0340. The van der Waals surface area contributed by atoms with E-state index >= 15 is 0 Å². The van der Waals surface area contributed by atoms with Gasteiger partial charge in [-0.2, -0.15) is 5.26 Å². The molecule has 166 valence electrons. The molecule has 0 unspecified atom stereocenters. The number of benzene rings is 2. The Kier molecular flexibility index (Phi) is 8.61. The summed E-state index contributed by atoms with van der Waals surface area (Å²) < 4.78 is 16.4. The summed E-state index contributed by atoms with van der Waals surface area (Å²) in [4.78, 5) is 24.3. The van der Waals surface area contributed by atoms with Crippen LogP contribution < -0.4 is 19.5 Å².